The van der Waals surface area contributed by atoms with E-state index in [2.05, 4.69) is 10.0 Å². The Balaban J connectivity index is 1.85. The number of benzene rings is 2. The predicted octanol–water partition coefficient (Wildman–Crippen LogP) is 2.39. The average molecular weight is 438 g/mol. The lowest BCUT2D eigenvalue weighted by Gasteiger charge is -2.29. The van der Waals surface area contributed by atoms with Crippen LogP contribution in [-0.2, 0) is 19.6 Å². The molecule has 2 amide bonds. The maximum Gasteiger partial charge on any atom is 0.265 e. The Morgan fingerprint density at radius 1 is 1.21 bits per heavy atom. The first-order valence-corrected chi connectivity index (χ1v) is 10.7. The highest BCUT2D eigenvalue weighted by molar-refractivity contribution is 7.89. The molecule has 2 aromatic carbocycles. The summed E-state index contributed by atoms with van der Waals surface area (Å²) < 4.78 is 32.8. The molecule has 0 saturated carbocycles. The van der Waals surface area contributed by atoms with Crippen LogP contribution in [0.3, 0.4) is 0 Å². The van der Waals surface area contributed by atoms with E-state index < -0.39 is 21.8 Å². The molecule has 0 spiro atoms. The minimum Gasteiger partial charge on any atom is -0.482 e. The van der Waals surface area contributed by atoms with Gasteiger partial charge in [-0.2, -0.15) is 0 Å². The van der Waals surface area contributed by atoms with Gasteiger partial charge in [0.2, 0.25) is 15.9 Å². The molecule has 29 heavy (non-hydrogen) atoms. The standard InChI is InChI=1S/C19H20ClN3O5S/c1-12(2)22-29(26,27)15-7-8-17-16(9-15)23(19(25)11-28-17)10-18(24)21-14-5-3-13(20)4-6-14/h3-9,12,22H,10-11H2,1-2H3,(H,21,24). The van der Waals surface area contributed by atoms with Crippen LogP contribution in [0.15, 0.2) is 47.4 Å². The number of hydrogen-bond acceptors (Lipinski definition) is 5. The molecule has 10 heteroatoms. The number of fused-ring (bicyclic) bond motifs is 1. The minimum atomic E-state index is -3.77. The van der Waals surface area contributed by atoms with Crippen molar-refractivity contribution >= 4 is 44.8 Å². The molecule has 1 aliphatic heterocycles. The molecule has 1 aliphatic rings. The fourth-order valence-electron chi connectivity index (χ4n) is 2.78. The zero-order valence-corrected chi connectivity index (χ0v) is 17.4. The van der Waals surface area contributed by atoms with Crippen molar-refractivity contribution in [1.82, 2.24) is 4.72 Å². The highest BCUT2D eigenvalue weighted by Crippen LogP contribution is 2.34. The van der Waals surface area contributed by atoms with E-state index in [1.54, 1.807) is 38.1 Å². The van der Waals surface area contributed by atoms with E-state index in [9.17, 15) is 18.0 Å². The largest absolute Gasteiger partial charge is 0.482 e. The van der Waals surface area contributed by atoms with Crippen molar-refractivity contribution in [2.75, 3.05) is 23.4 Å². The second kappa shape index (κ2) is 8.40. The van der Waals surface area contributed by atoms with Crippen LogP contribution in [0.5, 0.6) is 5.75 Å². The number of rotatable bonds is 6. The summed E-state index contributed by atoms with van der Waals surface area (Å²) in [6, 6.07) is 10.4. The van der Waals surface area contributed by atoms with Gasteiger partial charge in [-0.1, -0.05) is 11.6 Å². The number of amides is 2. The Bertz CT molecular complexity index is 1040. The number of anilines is 2. The van der Waals surface area contributed by atoms with Crippen LogP contribution in [0, 0.1) is 0 Å². The number of nitrogens with one attached hydrogen (secondary N) is 2. The molecule has 0 fully saturated rings. The van der Waals surface area contributed by atoms with Gasteiger partial charge in [0.25, 0.3) is 5.91 Å². The van der Waals surface area contributed by atoms with Crippen molar-refractivity contribution in [3.05, 3.63) is 47.5 Å². The lowest BCUT2D eigenvalue weighted by Crippen LogP contribution is -2.43. The van der Waals surface area contributed by atoms with Crippen LogP contribution >= 0.6 is 11.6 Å². The summed E-state index contributed by atoms with van der Waals surface area (Å²) in [6.07, 6.45) is 0. The van der Waals surface area contributed by atoms with E-state index in [1.807, 2.05) is 0 Å². The highest BCUT2D eigenvalue weighted by Gasteiger charge is 2.29. The van der Waals surface area contributed by atoms with E-state index in [1.165, 1.54) is 23.1 Å². The third-order valence-electron chi connectivity index (χ3n) is 4.00. The van der Waals surface area contributed by atoms with Crippen LogP contribution in [0.25, 0.3) is 0 Å². The number of halogens is 1. The summed E-state index contributed by atoms with van der Waals surface area (Å²) in [4.78, 5) is 26.0. The Morgan fingerprint density at radius 3 is 2.55 bits per heavy atom. The molecule has 0 saturated heterocycles. The summed E-state index contributed by atoms with van der Waals surface area (Å²) in [5, 5.41) is 3.21. The van der Waals surface area contributed by atoms with Gasteiger partial charge in [0.1, 0.15) is 12.3 Å². The van der Waals surface area contributed by atoms with Crippen LogP contribution in [0.1, 0.15) is 13.8 Å². The third kappa shape index (κ3) is 5.06. The molecule has 0 bridgehead atoms. The third-order valence-corrected chi connectivity index (χ3v) is 5.91. The van der Waals surface area contributed by atoms with Gasteiger partial charge < -0.3 is 10.1 Å². The van der Waals surface area contributed by atoms with Crippen molar-refractivity contribution in [3.8, 4) is 5.75 Å². The van der Waals surface area contributed by atoms with E-state index >= 15 is 0 Å². The first-order chi connectivity index (χ1) is 13.7. The minimum absolute atomic E-state index is 0.0219. The first kappa shape index (κ1) is 21.1. The van der Waals surface area contributed by atoms with Gasteiger partial charge in [0, 0.05) is 16.8 Å². The quantitative estimate of drug-likeness (QED) is 0.722. The predicted molar refractivity (Wildman–Crippen MR) is 110 cm³/mol. The second-order valence-corrected chi connectivity index (χ2v) is 8.88. The smallest absolute Gasteiger partial charge is 0.265 e. The zero-order valence-electron chi connectivity index (χ0n) is 15.8. The van der Waals surface area contributed by atoms with Crippen LogP contribution in [0.4, 0.5) is 11.4 Å². The fourth-order valence-corrected chi connectivity index (χ4v) is 4.17. The molecule has 0 radical (unpaired) electrons. The molecular weight excluding hydrogens is 418 g/mol. The molecule has 8 nitrogen and oxygen atoms in total. The molecule has 0 aliphatic carbocycles. The van der Waals surface area contributed by atoms with Crippen molar-refractivity contribution in [2.24, 2.45) is 0 Å². The van der Waals surface area contributed by atoms with Crippen molar-refractivity contribution in [1.29, 1.82) is 0 Å². The van der Waals surface area contributed by atoms with Crippen LogP contribution in [-0.4, -0.2) is 39.4 Å². The van der Waals surface area contributed by atoms with Crippen molar-refractivity contribution in [2.45, 2.75) is 24.8 Å². The maximum atomic E-state index is 12.5. The number of carbonyl (C=O) groups excluding carboxylic acids is 2. The summed E-state index contributed by atoms with van der Waals surface area (Å²) in [7, 11) is -3.77. The van der Waals surface area contributed by atoms with Gasteiger partial charge in [0.05, 0.1) is 10.6 Å². The molecule has 0 unspecified atom stereocenters. The second-order valence-electron chi connectivity index (χ2n) is 6.73. The molecule has 2 aromatic rings. The fraction of sp³-hybridized carbons (Fsp3) is 0.263. The van der Waals surface area contributed by atoms with Crippen LogP contribution < -0.4 is 19.7 Å². The van der Waals surface area contributed by atoms with Gasteiger partial charge >= 0.3 is 0 Å². The summed E-state index contributed by atoms with van der Waals surface area (Å²) in [6.45, 7) is 2.88. The number of carbonyl (C=O) groups is 2. The molecule has 1 heterocycles. The van der Waals surface area contributed by atoms with Gasteiger partial charge in [0.15, 0.2) is 6.61 Å². The number of nitrogens with zero attached hydrogens (tertiary/aromatic N) is 1. The summed E-state index contributed by atoms with van der Waals surface area (Å²) in [5.74, 6) is -0.565. The maximum absolute atomic E-state index is 12.5. The van der Waals surface area contributed by atoms with Gasteiger partial charge in [-0.15, -0.1) is 0 Å². The Hall–Kier alpha value is -2.62. The molecule has 154 valence electrons. The monoisotopic (exact) mass is 437 g/mol. The highest BCUT2D eigenvalue weighted by atomic mass is 35.5. The number of ether oxygens (including phenoxy) is 1. The number of sulfonamides is 1. The molecule has 2 N–H and O–H groups in total. The SMILES string of the molecule is CC(C)NS(=O)(=O)c1ccc2c(c1)N(CC(=O)Nc1ccc(Cl)cc1)C(=O)CO2. The van der Waals surface area contributed by atoms with E-state index in [4.69, 9.17) is 16.3 Å². The lowest BCUT2D eigenvalue weighted by molar-refractivity contribution is -0.123. The normalized spacial score (nSPS) is 13.8. The Labute approximate surface area is 173 Å². The van der Waals surface area contributed by atoms with E-state index in [0.29, 0.717) is 16.5 Å². The zero-order chi connectivity index (χ0) is 21.2. The summed E-state index contributed by atoms with van der Waals surface area (Å²) in [5.41, 5.74) is 0.747. The molecule has 3 rings (SSSR count). The molecular formula is C19H20ClN3O5S. The van der Waals surface area contributed by atoms with Gasteiger partial charge in [-0.3, -0.25) is 14.5 Å². The van der Waals surface area contributed by atoms with E-state index in [-0.39, 0.29) is 29.8 Å². The summed E-state index contributed by atoms with van der Waals surface area (Å²) >= 11 is 5.83. The molecule has 0 aromatic heterocycles. The van der Waals surface area contributed by atoms with E-state index in [0.717, 1.165) is 0 Å². The van der Waals surface area contributed by atoms with Crippen molar-refractivity contribution < 1.29 is 22.7 Å². The Kier molecular flexibility index (Phi) is 6.11. The lowest BCUT2D eigenvalue weighted by atomic mass is 10.2. The topological polar surface area (TPSA) is 105 Å². The van der Waals surface area contributed by atoms with Crippen molar-refractivity contribution in [3.63, 3.8) is 0 Å². The van der Waals surface area contributed by atoms with Gasteiger partial charge in [-0.25, -0.2) is 13.1 Å². The molecule has 0 atom stereocenters. The number of hydrogen-bond donors (Lipinski definition) is 2. The van der Waals surface area contributed by atoms with Gasteiger partial charge in [-0.05, 0) is 56.3 Å². The van der Waals surface area contributed by atoms with Crippen LogP contribution in [0.2, 0.25) is 5.02 Å². The Morgan fingerprint density at radius 2 is 1.90 bits per heavy atom. The first-order valence-electron chi connectivity index (χ1n) is 8.80. The average Bonchev–Trinajstić information content (AvgIpc) is 2.64.